The first kappa shape index (κ1) is 19.0. The third-order valence-corrected chi connectivity index (χ3v) is 7.62. The number of fused-ring (bicyclic) bond motifs is 1. The van der Waals surface area contributed by atoms with Gasteiger partial charge in [-0.2, -0.15) is 0 Å². The summed E-state index contributed by atoms with van der Waals surface area (Å²) in [6.07, 6.45) is 4.55. The topological polar surface area (TPSA) is 66.5 Å². The van der Waals surface area contributed by atoms with Gasteiger partial charge in [-0.15, -0.1) is 0 Å². The maximum absolute atomic E-state index is 13.0. The van der Waals surface area contributed by atoms with Crippen molar-refractivity contribution < 1.29 is 13.2 Å². The number of anilines is 1. The Labute approximate surface area is 166 Å². The van der Waals surface area contributed by atoms with Crippen LogP contribution < -0.4 is 9.62 Å². The zero-order chi connectivity index (χ0) is 19.7. The lowest BCUT2D eigenvalue weighted by Crippen LogP contribution is -2.38. The molecule has 1 atom stereocenters. The van der Waals surface area contributed by atoms with Crippen LogP contribution in [0.2, 0.25) is 0 Å². The van der Waals surface area contributed by atoms with Gasteiger partial charge >= 0.3 is 0 Å². The summed E-state index contributed by atoms with van der Waals surface area (Å²) in [7, 11) is -3.31. The number of hydrogen-bond donors (Lipinski definition) is 1. The molecule has 1 saturated heterocycles. The number of carbonyl (C=O) groups excluding carboxylic acids is 1. The summed E-state index contributed by atoms with van der Waals surface area (Å²) in [5, 5.41) is 3.15. The molecule has 1 aliphatic carbocycles. The molecule has 2 aliphatic rings. The van der Waals surface area contributed by atoms with E-state index in [4.69, 9.17) is 0 Å². The van der Waals surface area contributed by atoms with Crippen molar-refractivity contribution in [3.8, 4) is 0 Å². The van der Waals surface area contributed by atoms with E-state index in [0.717, 1.165) is 31.2 Å². The quantitative estimate of drug-likeness (QED) is 0.857. The minimum absolute atomic E-state index is 0.000854. The summed E-state index contributed by atoms with van der Waals surface area (Å²) in [5.74, 6) is 0.0132. The molecule has 0 radical (unpaired) electrons. The highest BCUT2D eigenvalue weighted by molar-refractivity contribution is 7.92. The SMILES string of the molecule is Cc1ccc(C(=O)NC2CCCc3ccccc32)cc1N1CCCCS1(=O)=O. The van der Waals surface area contributed by atoms with E-state index in [1.165, 1.54) is 15.4 Å². The maximum Gasteiger partial charge on any atom is 0.251 e. The van der Waals surface area contributed by atoms with E-state index in [1.807, 2.05) is 25.1 Å². The number of amides is 1. The van der Waals surface area contributed by atoms with Gasteiger partial charge in [-0.3, -0.25) is 9.10 Å². The van der Waals surface area contributed by atoms with Gasteiger partial charge in [0.2, 0.25) is 10.0 Å². The maximum atomic E-state index is 13.0. The predicted octanol–water partition coefficient (Wildman–Crippen LogP) is 3.73. The molecule has 148 valence electrons. The van der Waals surface area contributed by atoms with E-state index in [9.17, 15) is 13.2 Å². The van der Waals surface area contributed by atoms with Gasteiger partial charge in [0.25, 0.3) is 5.91 Å². The second-order valence-corrected chi connectivity index (χ2v) is 9.73. The number of hydrogen-bond acceptors (Lipinski definition) is 3. The summed E-state index contributed by atoms with van der Waals surface area (Å²) in [4.78, 5) is 13.0. The fourth-order valence-corrected chi connectivity index (χ4v) is 5.92. The smallest absolute Gasteiger partial charge is 0.251 e. The molecule has 6 heteroatoms. The standard InChI is InChI=1S/C22H26N2O3S/c1-16-11-12-18(15-21(16)24-13-4-5-14-28(24,26)27)22(25)23-20-10-6-8-17-7-2-3-9-19(17)20/h2-3,7,9,11-12,15,20H,4-6,8,10,13-14H2,1H3,(H,23,25). The van der Waals surface area contributed by atoms with E-state index < -0.39 is 10.0 Å². The number of benzene rings is 2. The Morgan fingerprint density at radius 1 is 1.11 bits per heavy atom. The molecule has 2 aromatic carbocycles. The van der Waals surface area contributed by atoms with Crippen LogP contribution in [0.15, 0.2) is 42.5 Å². The first-order valence-corrected chi connectivity index (χ1v) is 11.6. The van der Waals surface area contributed by atoms with Crippen molar-refractivity contribution in [1.29, 1.82) is 0 Å². The highest BCUT2D eigenvalue weighted by Crippen LogP contribution is 2.31. The Kier molecular flexibility index (Phi) is 5.15. The third-order valence-electron chi connectivity index (χ3n) is 5.76. The van der Waals surface area contributed by atoms with Gasteiger partial charge in [0, 0.05) is 12.1 Å². The van der Waals surface area contributed by atoms with Crippen LogP contribution in [-0.2, 0) is 16.4 Å². The number of rotatable bonds is 3. The molecule has 5 nitrogen and oxygen atoms in total. The van der Waals surface area contributed by atoms with Gasteiger partial charge in [-0.1, -0.05) is 30.3 Å². The minimum atomic E-state index is -3.31. The van der Waals surface area contributed by atoms with Crippen LogP contribution in [0.4, 0.5) is 5.69 Å². The Hall–Kier alpha value is -2.34. The molecule has 0 saturated carbocycles. The lowest BCUT2D eigenvalue weighted by Gasteiger charge is -2.30. The molecule has 1 aliphatic heterocycles. The van der Waals surface area contributed by atoms with Crippen molar-refractivity contribution in [2.75, 3.05) is 16.6 Å². The van der Waals surface area contributed by atoms with E-state index >= 15 is 0 Å². The second kappa shape index (κ2) is 7.59. The van der Waals surface area contributed by atoms with Crippen LogP contribution in [0, 0.1) is 6.92 Å². The minimum Gasteiger partial charge on any atom is -0.345 e. The van der Waals surface area contributed by atoms with Crippen molar-refractivity contribution >= 4 is 21.6 Å². The highest BCUT2D eigenvalue weighted by Gasteiger charge is 2.28. The Morgan fingerprint density at radius 3 is 2.75 bits per heavy atom. The average molecular weight is 399 g/mol. The van der Waals surface area contributed by atoms with Crippen molar-refractivity contribution in [3.63, 3.8) is 0 Å². The van der Waals surface area contributed by atoms with Crippen molar-refractivity contribution in [2.24, 2.45) is 0 Å². The van der Waals surface area contributed by atoms with Crippen LogP contribution in [0.3, 0.4) is 0 Å². The summed E-state index contributed by atoms with van der Waals surface area (Å²) in [6.45, 7) is 2.36. The molecule has 0 spiro atoms. The van der Waals surface area contributed by atoms with Crippen molar-refractivity contribution in [2.45, 2.75) is 45.1 Å². The summed E-state index contributed by atoms with van der Waals surface area (Å²) in [6, 6.07) is 13.6. The van der Waals surface area contributed by atoms with Crippen LogP contribution in [0.25, 0.3) is 0 Å². The number of sulfonamides is 1. The van der Waals surface area contributed by atoms with Gasteiger partial charge < -0.3 is 5.32 Å². The Balaban J connectivity index is 1.59. The first-order chi connectivity index (χ1) is 13.5. The number of nitrogens with one attached hydrogen (secondary N) is 1. The monoisotopic (exact) mass is 398 g/mol. The van der Waals surface area contributed by atoms with Gasteiger partial charge in [-0.05, 0) is 67.9 Å². The molecule has 1 unspecified atom stereocenters. The average Bonchev–Trinajstić information content (AvgIpc) is 2.69. The normalized spacial score (nSPS) is 21.0. The Bertz CT molecular complexity index is 1000. The fraction of sp³-hybridized carbons (Fsp3) is 0.409. The predicted molar refractivity (Wildman–Crippen MR) is 111 cm³/mol. The van der Waals surface area contributed by atoms with Crippen molar-refractivity contribution in [3.05, 3.63) is 64.7 Å². The van der Waals surface area contributed by atoms with Gasteiger partial charge in [0.1, 0.15) is 0 Å². The molecule has 1 fully saturated rings. The number of nitrogens with zero attached hydrogens (tertiary/aromatic N) is 1. The lowest BCUT2D eigenvalue weighted by atomic mass is 9.87. The second-order valence-electron chi connectivity index (χ2n) is 7.71. The number of carbonyl (C=O) groups is 1. The molecule has 1 N–H and O–H groups in total. The van der Waals surface area contributed by atoms with Crippen LogP contribution in [0.5, 0.6) is 0 Å². The summed E-state index contributed by atoms with van der Waals surface area (Å²) < 4.78 is 26.5. The summed E-state index contributed by atoms with van der Waals surface area (Å²) in [5.41, 5.74) is 4.47. The van der Waals surface area contributed by atoms with Gasteiger partial charge in [0.05, 0.1) is 17.5 Å². The van der Waals surface area contributed by atoms with Crippen LogP contribution in [0.1, 0.15) is 58.8 Å². The highest BCUT2D eigenvalue weighted by atomic mass is 32.2. The van der Waals surface area contributed by atoms with E-state index in [-0.39, 0.29) is 17.7 Å². The number of aryl methyl sites for hydroxylation is 2. The molecule has 0 bridgehead atoms. The Morgan fingerprint density at radius 2 is 1.93 bits per heavy atom. The zero-order valence-electron chi connectivity index (χ0n) is 16.1. The molecular formula is C22H26N2O3S. The van der Waals surface area contributed by atoms with E-state index in [2.05, 4.69) is 17.4 Å². The largest absolute Gasteiger partial charge is 0.345 e. The van der Waals surface area contributed by atoms with Crippen LogP contribution in [-0.4, -0.2) is 26.6 Å². The lowest BCUT2D eigenvalue weighted by molar-refractivity contribution is 0.0932. The van der Waals surface area contributed by atoms with Crippen molar-refractivity contribution in [1.82, 2.24) is 5.32 Å². The molecule has 1 amide bonds. The molecule has 1 heterocycles. The molecule has 28 heavy (non-hydrogen) atoms. The third kappa shape index (κ3) is 3.65. The van der Waals surface area contributed by atoms with Gasteiger partial charge in [-0.25, -0.2) is 8.42 Å². The molecular weight excluding hydrogens is 372 g/mol. The molecule has 4 rings (SSSR count). The van der Waals surface area contributed by atoms with E-state index in [1.54, 1.807) is 12.1 Å². The molecule has 0 aromatic heterocycles. The molecule has 2 aromatic rings. The summed E-state index contributed by atoms with van der Waals surface area (Å²) >= 11 is 0. The van der Waals surface area contributed by atoms with E-state index in [0.29, 0.717) is 24.2 Å². The van der Waals surface area contributed by atoms with Gasteiger partial charge in [0.15, 0.2) is 0 Å². The fourth-order valence-electron chi connectivity index (χ4n) is 4.22. The zero-order valence-corrected chi connectivity index (χ0v) is 17.0. The van der Waals surface area contributed by atoms with Crippen LogP contribution >= 0.6 is 0 Å². The first-order valence-electron chi connectivity index (χ1n) is 9.95.